The van der Waals surface area contributed by atoms with Crippen LogP contribution in [0.3, 0.4) is 0 Å². The van der Waals surface area contributed by atoms with E-state index in [9.17, 15) is 0 Å². The fourth-order valence-electron chi connectivity index (χ4n) is 1.34. The van der Waals surface area contributed by atoms with Crippen LogP contribution in [-0.2, 0) is 6.42 Å². The number of rotatable bonds is 3. The van der Waals surface area contributed by atoms with Crippen molar-refractivity contribution < 1.29 is 4.52 Å². The van der Waals surface area contributed by atoms with Gasteiger partial charge in [0.15, 0.2) is 0 Å². The minimum Gasteiger partial charge on any atom is -0.365 e. The summed E-state index contributed by atoms with van der Waals surface area (Å²) in [7, 11) is 0. The van der Waals surface area contributed by atoms with Crippen LogP contribution in [0.25, 0.3) is 0 Å². The lowest BCUT2D eigenvalue weighted by molar-refractivity contribution is 0.400. The first kappa shape index (κ1) is 6.85. The topological polar surface area (TPSA) is 52.0 Å². The molecule has 0 saturated heterocycles. The second-order valence-corrected chi connectivity index (χ2v) is 3.37. The van der Waals surface area contributed by atoms with E-state index in [1.165, 1.54) is 12.8 Å². The van der Waals surface area contributed by atoms with Gasteiger partial charge in [-0.2, -0.15) is 0 Å². The van der Waals surface area contributed by atoms with Gasteiger partial charge in [0, 0.05) is 6.07 Å². The van der Waals surface area contributed by atoms with Crippen LogP contribution >= 0.6 is 0 Å². The Morgan fingerprint density at radius 1 is 1.64 bits per heavy atom. The first-order valence-electron chi connectivity index (χ1n) is 3.94. The Morgan fingerprint density at radius 2 is 2.45 bits per heavy atom. The maximum Gasteiger partial charge on any atom is 0.124 e. The van der Waals surface area contributed by atoms with Crippen molar-refractivity contribution in [3.05, 3.63) is 18.0 Å². The molecule has 60 valence electrons. The zero-order valence-electron chi connectivity index (χ0n) is 6.42. The highest BCUT2D eigenvalue weighted by Crippen LogP contribution is 2.46. The quantitative estimate of drug-likeness (QED) is 0.701. The molecular weight excluding hydrogens is 140 g/mol. The van der Waals surface area contributed by atoms with E-state index in [0.717, 1.165) is 18.7 Å². The van der Waals surface area contributed by atoms with Crippen molar-refractivity contribution in [3.63, 3.8) is 0 Å². The van der Waals surface area contributed by atoms with Crippen LogP contribution in [0.5, 0.6) is 0 Å². The van der Waals surface area contributed by atoms with E-state index >= 15 is 0 Å². The molecule has 1 aromatic heterocycles. The molecule has 0 aromatic carbocycles. The van der Waals surface area contributed by atoms with Crippen LogP contribution in [0.15, 0.2) is 16.9 Å². The van der Waals surface area contributed by atoms with E-state index in [4.69, 9.17) is 10.3 Å². The van der Waals surface area contributed by atoms with Crippen molar-refractivity contribution in [2.24, 2.45) is 11.1 Å². The van der Waals surface area contributed by atoms with E-state index in [1.807, 2.05) is 6.07 Å². The molecule has 1 saturated carbocycles. The minimum atomic E-state index is 0.372. The van der Waals surface area contributed by atoms with Gasteiger partial charge in [-0.15, -0.1) is 0 Å². The summed E-state index contributed by atoms with van der Waals surface area (Å²) in [4.78, 5) is 0. The van der Waals surface area contributed by atoms with Crippen molar-refractivity contribution in [2.45, 2.75) is 19.3 Å². The van der Waals surface area contributed by atoms with Gasteiger partial charge in [-0.1, -0.05) is 5.16 Å². The van der Waals surface area contributed by atoms with Gasteiger partial charge >= 0.3 is 0 Å². The Balaban J connectivity index is 2.01. The van der Waals surface area contributed by atoms with Gasteiger partial charge in [0.2, 0.25) is 0 Å². The molecule has 0 radical (unpaired) electrons. The smallest absolute Gasteiger partial charge is 0.124 e. The van der Waals surface area contributed by atoms with Crippen LogP contribution < -0.4 is 5.73 Å². The molecular formula is C8H12N2O. The summed E-state index contributed by atoms with van der Waals surface area (Å²) in [6, 6.07) is 1.91. The second-order valence-electron chi connectivity index (χ2n) is 3.37. The highest BCUT2D eigenvalue weighted by Gasteiger charge is 2.41. The molecule has 0 bridgehead atoms. The van der Waals surface area contributed by atoms with Gasteiger partial charge in [-0.3, -0.25) is 0 Å². The highest BCUT2D eigenvalue weighted by atomic mass is 16.5. The highest BCUT2D eigenvalue weighted by molar-refractivity contribution is 5.06. The van der Waals surface area contributed by atoms with Gasteiger partial charge in [-0.25, -0.2) is 0 Å². The third-order valence-corrected chi connectivity index (χ3v) is 2.44. The summed E-state index contributed by atoms with van der Waals surface area (Å²) in [5, 5.41) is 3.86. The number of nitrogens with zero attached hydrogens (tertiary/aromatic N) is 1. The summed E-state index contributed by atoms with van der Waals surface area (Å²) < 4.78 is 4.74. The zero-order chi connectivity index (χ0) is 7.73. The molecule has 11 heavy (non-hydrogen) atoms. The molecule has 1 aliphatic rings. The maximum absolute atomic E-state index is 5.63. The van der Waals surface area contributed by atoms with Gasteiger partial charge in [0.25, 0.3) is 0 Å². The van der Waals surface area contributed by atoms with E-state index in [0.29, 0.717) is 5.41 Å². The lowest BCUT2D eigenvalue weighted by Gasteiger charge is -2.07. The molecule has 3 nitrogen and oxygen atoms in total. The summed E-state index contributed by atoms with van der Waals surface area (Å²) in [5.74, 6) is 0. The largest absolute Gasteiger partial charge is 0.365 e. The van der Waals surface area contributed by atoms with Crippen LogP contribution in [0, 0.1) is 5.41 Å². The predicted octanol–water partition coefficient (Wildman–Crippen LogP) is 0.956. The third-order valence-electron chi connectivity index (χ3n) is 2.44. The van der Waals surface area contributed by atoms with Gasteiger partial charge in [-0.05, 0) is 31.2 Å². The molecule has 2 N–H and O–H groups in total. The lowest BCUT2D eigenvalue weighted by Crippen LogP contribution is -2.17. The van der Waals surface area contributed by atoms with Gasteiger partial charge < -0.3 is 10.3 Å². The van der Waals surface area contributed by atoms with Gasteiger partial charge in [0.05, 0.1) is 5.69 Å². The normalized spacial score (nSPS) is 20.1. The molecule has 0 spiro atoms. The lowest BCUT2D eigenvalue weighted by atomic mass is 10.0. The first-order valence-corrected chi connectivity index (χ1v) is 3.94. The Bertz CT molecular complexity index is 226. The predicted molar refractivity (Wildman–Crippen MR) is 40.9 cm³/mol. The van der Waals surface area contributed by atoms with Crippen LogP contribution in [0.4, 0.5) is 0 Å². The van der Waals surface area contributed by atoms with Crippen molar-refractivity contribution in [3.8, 4) is 0 Å². The van der Waals surface area contributed by atoms with E-state index in [-0.39, 0.29) is 0 Å². The van der Waals surface area contributed by atoms with Crippen molar-refractivity contribution >= 4 is 0 Å². The van der Waals surface area contributed by atoms with Crippen LogP contribution in [0.2, 0.25) is 0 Å². The zero-order valence-corrected chi connectivity index (χ0v) is 6.42. The van der Waals surface area contributed by atoms with Gasteiger partial charge in [0.1, 0.15) is 6.26 Å². The number of hydrogen-bond donors (Lipinski definition) is 1. The molecule has 2 rings (SSSR count). The molecule has 0 unspecified atom stereocenters. The standard InChI is InChI=1S/C8H12N2O/c9-6-8(2-3-8)5-7-1-4-11-10-7/h1,4H,2-3,5-6,9H2. The molecule has 1 aromatic rings. The fraction of sp³-hybridized carbons (Fsp3) is 0.625. The first-order chi connectivity index (χ1) is 5.35. The molecule has 3 heteroatoms. The van der Waals surface area contributed by atoms with Crippen molar-refractivity contribution in [2.75, 3.05) is 6.54 Å². The summed E-state index contributed by atoms with van der Waals surface area (Å²) >= 11 is 0. The number of hydrogen-bond acceptors (Lipinski definition) is 3. The SMILES string of the molecule is NCC1(Cc2ccon2)CC1. The molecule has 0 amide bonds. The summed E-state index contributed by atoms with van der Waals surface area (Å²) in [6.07, 6.45) is 5.09. The average Bonchev–Trinajstić information content (AvgIpc) is 2.59. The maximum atomic E-state index is 5.63. The second kappa shape index (κ2) is 2.34. The monoisotopic (exact) mass is 152 g/mol. The van der Waals surface area contributed by atoms with E-state index in [1.54, 1.807) is 6.26 Å². The van der Waals surface area contributed by atoms with E-state index < -0.39 is 0 Å². The summed E-state index contributed by atoms with van der Waals surface area (Å²) in [5.41, 5.74) is 7.03. The Hall–Kier alpha value is -0.830. The minimum absolute atomic E-state index is 0.372. The average molecular weight is 152 g/mol. The fourth-order valence-corrected chi connectivity index (χ4v) is 1.34. The Labute approximate surface area is 65.6 Å². The third kappa shape index (κ3) is 1.28. The van der Waals surface area contributed by atoms with Crippen LogP contribution in [0.1, 0.15) is 18.5 Å². The van der Waals surface area contributed by atoms with Crippen LogP contribution in [-0.4, -0.2) is 11.7 Å². The molecule has 0 atom stereocenters. The van der Waals surface area contributed by atoms with E-state index in [2.05, 4.69) is 5.16 Å². The Morgan fingerprint density at radius 3 is 2.91 bits per heavy atom. The van der Waals surface area contributed by atoms with Crippen molar-refractivity contribution in [1.82, 2.24) is 5.16 Å². The number of aromatic nitrogens is 1. The molecule has 1 heterocycles. The molecule has 1 aliphatic carbocycles. The van der Waals surface area contributed by atoms with Crippen molar-refractivity contribution in [1.29, 1.82) is 0 Å². The Kier molecular flexibility index (Phi) is 1.46. The molecule has 1 fully saturated rings. The number of nitrogens with two attached hydrogens (primary N) is 1. The summed E-state index contributed by atoms with van der Waals surface area (Å²) in [6.45, 7) is 0.778. The molecule has 0 aliphatic heterocycles.